The molecule has 2 aromatic carbocycles. The molecule has 0 aromatic heterocycles. The number of ether oxygens (including phenoxy) is 3. The molecular weight excluding hydrogens is 306 g/mol. The van der Waals surface area contributed by atoms with Crippen molar-refractivity contribution in [2.24, 2.45) is 4.99 Å². The molecule has 0 fully saturated rings. The molecule has 0 radical (unpaired) electrons. The van der Waals surface area contributed by atoms with Crippen LogP contribution in [0.5, 0.6) is 23.0 Å². The van der Waals surface area contributed by atoms with Gasteiger partial charge in [-0.2, -0.15) is 0 Å². The average Bonchev–Trinajstić information content (AvgIpc) is 2.62. The van der Waals surface area contributed by atoms with Crippen LogP contribution >= 0.6 is 0 Å². The van der Waals surface area contributed by atoms with E-state index in [1.807, 2.05) is 24.3 Å². The first kappa shape index (κ1) is 16.2. The van der Waals surface area contributed by atoms with E-state index in [0.29, 0.717) is 17.9 Å². The fourth-order valence-electron chi connectivity index (χ4n) is 2.97. The number of nitrogens with zero attached hydrogens (tertiary/aromatic N) is 1. The number of benzene rings is 2. The van der Waals surface area contributed by atoms with Crippen LogP contribution in [-0.4, -0.2) is 38.7 Å². The monoisotopic (exact) mass is 327 g/mol. The smallest absolute Gasteiger partial charge is 0.161 e. The Labute approximate surface area is 141 Å². The molecule has 0 aliphatic carbocycles. The summed E-state index contributed by atoms with van der Waals surface area (Å²) in [6.45, 7) is 0.757. The van der Waals surface area contributed by atoms with Crippen molar-refractivity contribution in [2.75, 3.05) is 27.9 Å². The lowest BCUT2D eigenvalue weighted by Gasteiger charge is -2.20. The molecule has 0 bridgehead atoms. The molecule has 1 N–H and O–H groups in total. The Bertz CT molecular complexity index is 783. The first-order valence-electron chi connectivity index (χ1n) is 7.80. The molecule has 0 amide bonds. The lowest BCUT2D eigenvalue weighted by atomic mass is 9.93. The van der Waals surface area contributed by atoms with E-state index in [0.717, 1.165) is 35.6 Å². The number of phenolic OH excluding ortho intramolecular Hbond substituents is 1. The Balaban J connectivity index is 1.95. The van der Waals surface area contributed by atoms with Crippen molar-refractivity contribution in [1.82, 2.24) is 0 Å². The van der Waals surface area contributed by atoms with E-state index in [2.05, 4.69) is 0 Å². The third-order valence-electron chi connectivity index (χ3n) is 4.22. The molecule has 5 nitrogen and oxygen atoms in total. The average molecular weight is 327 g/mol. The lowest BCUT2D eigenvalue weighted by molar-refractivity contribution is 0.354. The number of aromatic hydroxyl groups is 1. The van der Waals surface area contributed by atoms with Gasteiger partial charge in [-0.1, -0.05) is 6.07 Å². The van der Waals surface area contributed by atoms with E-state index in [9.17, 15) is 5.11 Å². The van der Waals surface area contributed by atoms with Crippen LogP contribution in [0.3, 0.4) is 0 Å². The minimum atomic E-state index is 0.138. The molecule has 1 heterocycles. The van der Waals surface area contributed by atoms with Gasteiger partial charge in [0.25, 0.3) is 0 Å². The summed E-state index contributed by atoms with van der Waals surface area (Å²) in [6.07, 6.45) is 1.55. The van der Waals surface area contributed by atoms with Gasteiger partial charge in [-0.15, -0.1) is 0 Å². The molecule has 0 atom stereocenters. The van der Waals surface area contributed by atoms with E-state index in [1.165, 1.54) is 5.56 Å². The van der Waals surface area contributed by atoms with Crippen LogP contribution in [0.15, 0.2) is 35.3 Å². The number of hydrogen-bond acceptors (Lipinski definition) is 5. The Morgan fingerprint density at radius 3 is 2.38 bits per heavy atom. The van der Waals surface area contributed by atoms with Crippen LogP contribution in [0.4, 0.5) is 0 Å². The SMILES string of the molecule is COc1cc(CC2=NCCc3cc(OC)c(OC)cc32)ccc1O. The number of fused-ring (bicyclic) bond motifs is 1. The Hall–Kier alpha value is -2.69. The highest BCUT2D eigenvalue weighted by Crippen LogP contribution is 2.33. The van der Waals surface area contributed by atoms with Gasteiger partial charge in [-0.05, 0) is 41.8 Å². The fraction of sp³-hybridized carbons (Fsp3) is 0.316. The molecule has 5 heteroatoms. The van der Waals surface area contributed by atoms with E-state index < -0.39 is 0 Å². The molecule has 1 aliphatic rings. The van der Waals surface area contributed by atoms with Crippen LogP contribution in [0, 0.1) is 0 Å². The summed E-state index contributed by atoms with van der Waals surface area (Å²) in [5.74, 6) is 2.05. The first-order valence-corrected chi connectivity index (χ1v) is 7.80. The van der Waals surface area contributed by atoms with Gasteiger partial charge < -0.3 is 19.3 Å². The number of methoxy groups -OCH3 is 3. The van der Waals surface area contributed by atoms with Crippen LogP contribution < -0.4 is 14.2 Å². The predicted molar refractivity (Wildman–Crippen MR) is 93.0 cm³/mol. The van der Waals surface area contributed by atoms with Crippen molar-refractivity contribution in [3.8, 4) is 23.0 Å². The van der Waals surface area contributed by atoms with E-state index in [-0.39, 0.29) is 5.75 Å². The van der Waals surface area contributed by atoms with Gasteiger partial charge in [-0.3, -0.25) is 4.99 Å². The maximum atomic E-state index is 9.74. The first-order chi connectivity index (χ1) is 11.7. The largest absolute Gasteiger partial charge is 0.504 e. The summed E-state index contributed by atoms with van der Waals surface area (Å²) in [4.78, 5) is 4.69. The van der Waals surface area contributed by atoms with E-state index in [4.69, 9.17) is 19.2 Å². The highest BCUT2D eigenvalue weighted by Gasteiger charge is 2.19. The maximum Gasteiger partial charge on any atom is 0.161 e. The second-order valence-electron chi connectivity index (χ2n) is 5.63. The third kappa shape index (κ3) is 3.02. The number of phenols is 1. The summed E-state index contributed by atoms with van der Waals surface area (Å²) in [5, 5.41) is 9.74. The highest BCUT2D eigenvalue weighted by atomic mass is 16.5. The summed E-state index contributed by atoms with van der Waals surface area (Å²) >= 11 is 0. The second-order valence-corrected chi connectivity index (χ2v) is 5.63. The van der Waals surface area contributed by atoms with Crippen molar-refractivity contribution in [3.05, 3.63) is 47.0 Å². The molecule has 3 rings (SSSR count). The normalized spacial score (nSPS) is 13.0. The zero-order chi connectivity index (χ0) is 17.1. The van der Waals surface area contributed by atoms with Crippen LogP contribution in [0.25, 0.3) is 0 Å². The summed E-state index contributed by atoms with van der Waals surface area (Å²) in [6, 6.07) is 9.39. The van der Waals surface area contributed by atoms with Gasteiger partial charge >= 0.3 is 0 Å². The number of hydrogen-bond donors (Lipinski definition) is 1. The Morgan fingerprint density at radius 1 is 0.958 bits per heavy atom. The molecular formula is C19H21NO4. The summed E-state index contributed by atoms with van der Waals surface area (Å²) in [5.41, 5.74) is 4.34. The molecule has 24 heavy (non-hydrogen) atoms. The lowest BCUT2D eigenvalue weighted by Crippen LogP contribution is -2.16. The fourth-order valence-corrected chi connectivity index (χ4v) is 2.97. The van der Waals surface area contributed by atoms with Crippen molar-refractivity contribution in [1.29, 1.82) is 0 Å². The zero-order valence-corrected chi connectivity index (χ0v) is 14.1. The van der Waals surface area contributed by atoms with Gasteiger partial charge in [0.2, 0.25) is 0 Å². The minimum absolute atomic E-state index is 0.138. The predicted octanol–water partition coefficient (Wildman–Crippen LogP) is 3.01. The zero-order valence-electron chi connectivity index (χ0n) is 14.1. The second kappa shape index (κ2) is 6.83. The minimum Gasteiger partial charge on any atom is -0.504 e. The number of rotatable bonds is 5. The van der Waals surface area contributed by atoms with E-state index in [1.54, 1.807) is 27.4 Å². The topological polar surface area (TPSA) is 60.3 Å². The van der Waals surface area contributed by atoms with Gasteiger partial charge in [-0.25, -0.2) is 0 Å². The molecule has 126 valence electrons. The molecule has 0 saturated heterocycles. The molecule has 2 aromatic rings. The highest BCUT2D eigenvalue weighted by molar-refractivity contribution is 6.04. The van der Waals surface area contributed by atoms with Crippen LogP contribution in [0.2, 0.25) is 0 Å². The van der Waals surface area contributed by atoms with Crippen molar-refractivity contribution < 1.29 is 19.3 Å². The number of aliphatic imine (C=N–C) groups is 1. The van der Waals surface area contributed by atoms with Crippen LogP contribution in [0.1, 0.15) is 16.7 Å². The Kier molecular flexibility index (Phi) is 4.60. The molecule has 0 saturated carbocycles. The molecule has 1 aliphatic heterocycles. The summed E-state index contributed by atoms with van der Waals surface area (Å²) in [7, 11) is 4.82. The van der Waals surface area contributed by atoms with Gasteiger partial charge in [0.1, 0.15) is 0 Å². The van der Waals surface area contributed by atoms with Gasteiger partial charge in [0.15, 0.2) is 23.0 Å². The third-order valence-corrected chi connectivity index (χ3v) is 4.22. The van der Waals surface area contributed by atoms with Gasteiger partial charge in [0, 0.05) is 24.2 Å². The van der Waals surface area contributed by atoms with Crippen molar-refractivity contribution >= 4 is 5.71 Å². The maximum absolute atomic E-state index is 9.74. The quantitative estimate of drug-likeness (QED) is 0.917. The standard InChI is InChI=1S/C19H21NO4/c1-22-17-9-12(4-5-16(17)21)8-15-14-11-19(24-3)18(23-2)10-13(14)6-7-20-15/h4-5,9-11,21H,6-8H2,1-3H3. The van der Waals surface area contributed by atoms with Crippen molar-refractivity contribution in [3.63, 3.8) is 0 Å². The Morgan fingerprint density at radius 2 is 1.67 bits per heavy atom. The molecule has 0 unspecified atom stereocenters. The van der Waals surface area contributed by atoms with Crippen LogP contribution in [-0.2, 0) is 12.8 Å². The van der Waals surface area contributed by atoms with E-state index >= 15 is 0 Å². The summed E-state index contributed by atoms with van der Waals surface area (Å²) < 4.78 is 16.0. The van der Waals surface area contributed by atoms with Crippen molar-refractivity contribution in [2.45, 2.75) is 12.8 Å². The molecule has 0 spiro atoms. The van der Waals surface area contributed by atoms with Gasteiger partial charge in [0.05, 0.1) is 21.3 Å².